The third-order valence-electron chi connectivity index (χ3n) is 3.68. The summed E-state index contributed by atoms with van der Waals surface area (Å²) in [5.41, 5.74) is 0. The van der Waals surface area contributed by atoms with Crippen LogP contribution < -0.4 is 5.32 Å². The Morgan fingerprint density at radius 2 is 1.88 bits per heavy atom. The molecule has 0 aromatic rings. The predicted octanol–water partition coefficient (Wildman–Crippen LogP) is 0.428. The van der Waals surface area contributed by atoms with Crippen molar-refractivity contribution in [2.75, 3.05) is 46.8 Å². The molecule has 1 amide bonds. The van der Waals surface area contributed by atoms with E-state index in [0.717, 1.165) is 38.6 Å². The van der Waals surface area contributed by atoms with E-state index in [-0.39, 0.29) is 18.3 Å². The first-order valence-electron chi connectivity index (χ1n) is 6.31. The van der Waals surface area contributed by atoms with Gasteiger partial charge in [0.2, 0.25) is 5.91 Å². The molecule has 100 valence electrons. The molecule has 0 aromatic carbocycles. The second-order valence-electron chi connectivity index (χ2n) is 5.39. The maximum atomic E-state index is 12.0. The Labute approximate surface area is 110 Å². The van der Waals surface area contributed by atoms with E-state index in [1.807, 2.05) is 0 Å². The van der Waals surface area contributed by atoms with Gasteiger partial charge in [0.05, 0.1) is 5.92 Å². The highest BCUT2D eigenvalue weighted by Gasteiger charge is 2.31. The average molecular weight is 262 g/mol. The molecule has 2 heterocycles. The number of likely N-dealkylation sites (tertiary alicyclic amines) is 1. The van der Waals surface area contributed by atoms with Crippen LogP contribution in [0.15, 0.2) is 0 Å². The van der Waals surface area contributed by atoms with Crippen molar-refractivity contribution in [2.45, 2.75) is 12.8 Å². The Morgan fingerprint density at radius 3 is 2.29 bits per heavy atom. The number of hydrogen-bond acceptors (Lipinski definition) is 3. The molecule has 2 aliphatic heterocycles. The van der Waals surface area contributed by atoms with Gasteiger partial charge in [0, 0.05) is 32.7 Å². The maximum absolute atomic E-state index is 12.0. The van der Waals surface area contributed by atoms with Gasteiger partial charge in [-0.2, -0.15) is 0 Å². The van der Waals surface area contributed by atoms with E-state index < -0.39 is 0 Å². The van der Waals surface area contributed by atoms with E-state index in [4.69, 9.17) is 0 Å². The minimum Gasteiger partial charge on any atom is -0.342 e. The van der Waals surface area contributed by atoms with Gasteiger partial charge in [-0.15, -0.1) is 12.4 Å². The zero-order valence-electron chi connectivity index (χ0n) is 10.8. The summed E-state index contributed by atoms with van der Waals surface area (Å²) in [6.45, 7) is 4.86. The molecule has 0 spiro atoms. The highest BCUT2D eigenvalue weighted by Crippen LogP contribution is 2.20. The Kier molecular flexibility index (Phi) is 5.70. The van der Waals surface area contributed by atoms with Crippen LogP contribution in [0.4, 0.5) is 0 Å². The van der Waals surface area contributed by atoms with Crippen LogP contribution in [-0.2, 0) is 4.79 Å². The third-order valence-corrected chi connectivity index (χ3v) is 3.68. The molecule has 0 aliphatic carbocycles. The molecule has 2 fully saturated rings. The van der Waals surface area contributed by atoms with Crippen molar-refractivity contribution >= 4 is 18.3 Å². The van der Waals surface area contributed by atoms with Crippen LogP contribution in [0.25, 0.3) is 0 Å². The monoisotopic (exact) mass is 261 g/mol. The standard InChI is InChI=1S/C12H23N3O.ClH/c1-14(2)9-10-3-5-15(6-4-10)12(16)11-7-13-8-11;/h10-11,13H,3-9H2,1-2H3;1H. The van der Waals surface area contributed by atoms with Gasteiger partial charge in [-0.1, -0.05) is 0 Å². The van der Waals surface area contributed by atoms with E-state index >= 15 is 0 Å². The first-order chi connectivity index (χ1) is 7.66. The summed E-state index contributed by atoms with van der Waals surface area (Å²) in [7, 11) is 4.25. The molecule has 0 radical (unpaired) electrons. The first kappa shape index (κ1) is 14.7. The zero-order valence-corrected chi connectivity index (χ0v) is 11.6. The number of rotatable bonds is 3. The van der Waals surface area contributed by atoms with Crippen molar-refractivity contribution in [2.24, 2.45) is 11.8 Å². The van der Waals surface area contributed by atoms with E-state index in [1.165, 1.54) is 12.8 Å². The molecular weight excluding hydrogens is 238 g/mol. The Bertz CT molecular complexity index is 248. The van der Waals surface area contributed by atoms with Crippen LogP contribution in [0.1, 0.15) is 12.8 Å². The molecular formula is C12H24ClN3O. The lowest BCUT2D eigenvalue weighted by Crippen LogP contribution is -2.53. The highest BCUT2D eigenvalue weighted by atomic mass is 35.5. The van der Waals surface area contributed by atoms with E-state index in [0.29, 0.717) is 5.91 Å². The van der Waals surface area contributed by atoms with Gasteiger partial charge in [0.1, 0.15) is 0 Å². The normalized spacial score (nSPS) is 22.2. The van der Waals surface area contributed by atoms with Crippen molar-refractivity contribution in [1.82, 2.24) is 15.1 Å². The van der Waals surface area contributed by atoms with Gasteiger partial charge in [0.25, 0.3) is 0 Å². The molecule has 2 rings (SSSR count). The summed E-state index contributed by atoms with van der Waals surface area (Å²) in [4.78, 5) is 16.3. The third kappa shape index (κ3) is 3.83. The molecule has 17 heavy (non-hydrogen) atoms. The molecule has 0 bridgehead atoms. The maximum Gasteiger partial charge on any atom is 0.228 e. The largest absolute Gasteiger partial charge is 0.342 e. The molecule has 4 nitrogen and oxygen atoms in total. The van der Waals surface area contributed by atoms with E-state index in [1.54, 1.807) is 0 Å². The van der Waals surface area contributed by atoms with Crippen molar-refractivity contribution in [3.63, 3.8) is 0 Å². The minimum atomic E-state index is 0. The fourth-order valence-electron chi connectivity index (χ4n) is 2.57. The van der Waals surface area contributed by atoms with Crippen LogP contribution in [0.3, 0.4) is 0 Å². The lowest BCUT2D eigenvalue weighted by atomic mass is 9.94. The fraction of sp³-hybridized carbons (Fsp3) is 0.917. The van der Waals surface area contributed by atoms with Crippen LogP contribution >= 0.6 is 12.4 Å². The average Bonchev–Trinajstić information content (AvgIpc) is 2.15. The molecule has 2 saturated heterocycles. The summed E-state index contributed by atoms with van der Waals surface area (Å²) >= 11 is 0. The molecule has 1 N–H and O–H groups in total. The number of carbonyl (C=O) groups excluding carboxylic acids is 1. The highest BCUT2D eigenvalue weighted by molar-refractivity contribution is 5.85. The van der Waals surface area contributed by atoms with Gasteiger partial charge in [-0.3, -0.25) is 4.79 Å². The fourth-order valence-corrected chi connectivity index (χ4v) is 2.57. The van der Waals surface area contributed by atoms with Gasteiger partial charge in [-0.05, 0) is 32.9 Å². The summed E-state index contributed by atoms with van der Waals surface area (Å²) in [6.07, 6.45) is 2.34. The quantitative estimate of drug-likeness (QED) is 0.800. The zero-order chi connectivity index (χ0) is 11.5. The van der Waals surface area contributed by atoms with Crippen molar-refractivity contribution in [1.29, 1.82) is 0 Å². The molecule has 0 saturated carbocycles. The SMILES string of the molecule is CN(C)CC1CCN(C(=O)C2CNC2)CC1.Cl. The number of halogens is 1. The summed E-state index contributed by atoms with van der Waals surface area (Å²) in [5.74, 6) is 1.42. The molecule has 0 atom stereocenters. The number of carbonyl (C=O) groups is 1. The van der Waals surface area contributed by atoms with E-state index in [9.17, 15) is 4.79 Å². The van der Waals surface area contributed by atoms with Crippen LogP contribution in [0.5, 0.6) is 0 Å². The summed E-state index contributed by atoms with van der Waals surface area (Å²) < 4.78 is 0. The lowest BCUT2D eigenvalue weighted by molar-refractivity contribution is -0.138. The van der Waals surface area contributed by atoms with Gasteiger partial charge >= 0.3 is 0 Å². The van der Waals surface area contributed by atoms with Crippen LogP contribution in [-0.4, -0.2) is 62.5 Å². The smallest absolute Gasteiger partial charge is 0.228 e. The number of piperidine rings is 1. The lowest BCUT2D eigenvalue weighted by Gasteiger charge is -2.37. The van der Waals surface area contributed by atoms with Crippen molar-refractivity contribution in [3.8, 4) is 0 Å². The number of nitrogens with zero attached hydrogens (tertiary/aromatic N) is 2. The summed E-state index contributed by atoms with van der Waals surface area (Å²) in [5, 5.41) is 3.16. The molecule has 2 aliphatic rings. The number of nitrogens with one attached hydrogen (secondary N) is 1. The predicted molar refractivity (Wildman–Crippen MR) is 71.5 cm³/mol. The Morgan fingerprint density at radius 1 is 1.29 bits per heavy atom. The Balaban J connectivity index is 0.00000144. The Hall–Kier alpha value is -0.320. The van der Waals surface area contributed by atoms with Crippen LogP contribution in [0, 0.1) is 11.8 Å². The van der Waals surface area contributed by atoms with Crippen molar-refractivity contribution in [3.05, 3.63) is 0 Å². The van der Waals surface area contributed by atoms with Gasteiger partial charge in [-0.25, -0.2) is 0 Å². The van der Waals surface area contributed by atoms with E-state index in [2.05, 4.69) is 29.2 Å². The first-order valence-corrected chi connectivity index (χ1v) is 6.31. The number of amides is 1. The molecule has 0 unspecified atom stereocenters. The summed E-state index contributed by atoms with van der Waals surface area (Å²) in [6, 6.07) is 0. The molecule has 0 aromatic heterocycles. The van der Waals surface area contributed by atoms with Crippen LogP contribution in [0.2, 0.25) is 0 Å². The van der Waals surface area contributed by atoms with Gasteiger partial charge < -0.3 is 15.1 Å². The number of hydrogen-bond donors (Lipinski definition) is 1. The molecule has 5 heteroatoms. The van der Waals surface area contributed by atoms with Gasteiger partial charge in [0.15, 0.2) is 0 Å². The second kappa shape index (κ2) is 6.57. The second-order valence-corrected chi connectivity index (χ2v) is 5.39. The topological polar surface area (TPSA) is 35.6 Å². The minimum absolute atomic E-state index is 0. The van der Waals surface area contributed by atoms with Crippen molar-refractivity contribution < 1.29 is 4.79 Å².